The van der Waals surface area contributed by atoms with E-state index < -0.39 is 0 Å². The Bertz CT molecular complexity index is 348. The van der Waals surface area contributed by atoms with E-state index in [2.05, 4.69) is 29.0 Å². The molecule has 0 unspecified atom stereocenters. The van der Waals surface area contributed by atoms with Gasteiger partial charge < -0.3 is 4.57 Å². The Balaban J connectivity index is 0.000000146. The fourth-order valence-electron chi connectivity index (χ4n) is 1.01. The lowest BCUT2D eigenvalue weighted by Crippen LogP contribution is -2.23. The van der Waals surface area contributed by atoms with Crippen LogP contribution in [0, 0.1) is 0 Å². The lowest BCUT2D eigenvalue weighted by Gasteiger charge is -1.81. The monoisotopic (exact) mass is 193 g/mol. The summed E-state index contributed by atoms with van der Waals surface area (Å²) in [6, 6.07) is 0. The van der Waals surface area contributed by atoms with Gasteiger partial charge in [-0.2, -0.15) is 0 Å². The molecule has 0 saturated heterocycles. The highest BCUT2D eigenvalue weighted by molar-refractivity contribution is 4.70. The second-order valence-corrected chi connectivity index (χ2v) is 3.14. The number of imidazole rings is 2. The molecular formula is C10H17N4+. The predicted octanol–water partition coefficient (Wildman–Crippen LogP) is 0.753. The van der Waals surface area contributed by atoms with Crippen LogP contribution in [0.2, 0.25) is 0 Å². The molecule has 0 aliphatic heterocycles. The van der Waals surface area contributed by atoms with Crippen molar-refractivity contribution in [3.8, 4) is 0 Å². The molecule has 4 heteroatoms. The van der Waals surface area contributed by atoms with Gasteiger partial charge in [0.15, 0.2) is 0 Å². The van der Waals surface area contributed by atoms with E-state index >= 15 is 0 Å². The largest absolute Gasteiger partial charge is 0.341 e. The Morgan fingerprint density at radius 3 is 2.36 bits per heavy atom. The van der Waals surface area contributed by atoms with Crippen LogP contribution in [0.15, 0.2) is 37.4 Å². The van der Waals surface area contributed by atoms with Gasteiger partial charge in [0.25, 0.3) is 0 Å². The number of aryl methyl sites for hydroxylation is 3. The van der Waals surface area contributed by atoms with Gasteiger partial charge in [-0.1, -0.05) is 0 Å². The summed E-state index contributed by atoms with van der Waals surface area (Å²) >= 11 is 0. The van der Waals surface area contributed by atoms with E-state index in [9.17, 15) is 0 Å². The minimum Gasteiger partial charge on any atom is -0.341 e. The molecule has 0 radical (unpaired) electrons. The Hall–Kier alpha value is -1.58. The molecule has 0 fully saturated rings. The second kappa shape index (κ2) is 5.21. The second-order valence-electron chi connectivity index (χ2n) is 3.14. The van der Waals surface area contributed by atoms with E-state index in [4.69, 9.17) is 0 Å². The van der Waals surface area contributed by atoms with Gasteiger partial charge in [-0.25, -0.2) is 14.1 Å². The number of rotatable bonds is 1. The molecule has 2 heterocycles. The highest BCUT2D eigenvalue weighted by atomic mass is 15.1. The summed E-state index contributed by atoms with van der Waals surface area (Å²) in [6.07, 6.45) is 11.5. The summed E-state index contributed by atoms with van der Waals surface area (Å²) in [4.78, 5) is 3.78. The Morgan fingerprint density at radius 2 is 2.14 bits per heavy atom. The Labute approximate surface area is 84.4 Å². The first-order valence-electron chi connectivity index (χ1n) is 4.65. The van der Waals surface area contributed by atoms with Crippen molar-refractivity contribution in [3.63, 3.8) is 0 Å². The lowest BCUT2D eigenvalue weighted by atomic mass is 10.7. The smallest absolute Gasteiger partial charge is 0.243 e. The van der Waals surface area contributed by atoms with Crippen LogP contribution in [-0.2, 0) is 20.6 Å². The number of hydrogen-bond donors (Lipinski definition) is 0. The zero-order chi connectivity index (χ0) is 10.4. The van der Waals surface area contributed by atoms with E-state index in [-0.39, 0.29) is 0 Å². The van der Waals surface area contributed by atoms with E-state index in [1.54, 1.807) is 12.5 Å². The van der Waals surface area contributed by atoms with Gasteiger partial charge in [0.2, 0.25) is 6.33 Å². The summed E-state index contributed by atoms with van der Waals surface area (Å²) < 4.78 is 6.05. The molecule has 2 aromatic heterocycles. The zero-order valence-electron chi connectivity index (χ0n) is 8.96. The Morgan fingerprint density at radius 1 is 1.36 bits per heavy atom. The maximum Gasteiger partial charge on any atom is 0.243 e. The first-order valence-corrected chi connectivity index (χ1v) is 4.65. The van der Waals surface area contributed by atoms with Crippen molar-refractivity contribution in [1.82, 2.24) is 14.1 Å². The standard InChI is InChI=1S/C6H11N2.C4H6N2/c1-3-8-5-4-7(2)6-8;1-6-3-2-5-4-6/h4-6H,3H2,1-2H3;2-4H,1H3/q+1;. The van der Waals surface area contributed by atoms with E-state index in [0.29, 0.717) is 0 Å². The van der Waals surface area contributed by atoms with Gasteiger partial charge >= 0.3 is 0 Å². The molecular weight excluding hydrogens is 176 g/mol. The van der Waals surface area contributed by atoms with Crippen LogP contribution in [0.5, 0.6) is 0 Å². The van der Waals surface area contributed by atoms with Crippen molar-refractivity contribution in [1.29, 1.82) is 0 Å². The lowest BCUT2D eigenvalue weighted by molar-refractivity contribution is -0.671. The van der Waals surface area contributed by atoms with Crippen LogP contribution in [0.4, 0.5) is 0 Å². The molecule has 0 spiro atoms. The van der Waals surface area contributed by atoms with Crippen molar-refractivity contribution >= 4 is 0 Å². The molecule has 0 aliphatic rings. The van der Waals surface area contributed by atoms with Gasteiger partial charge in [-0.05, 0) is 6.92 Å². The van der Waals surface area contributed by atoms with Crippen LogP contribution in [0.3, 0.4) is 0 Å². The first kappa shape index (κ1) is 10.5. The predicted molar refractivity (Wildman–Crippen MR) is 54.5 cm³/mol. The van der Waals surface area contributed by atoms with Gasteiger partial charge in [0.1, 0.15) is 12.4 Å². The quantitative estimate of drug-likeness (QED) is 0.614. The molecule has 14 heavy (non-hydrogen) atoms. The van der Waals surface area contributed by atoms with Crippen LogP contribution < -0.4 is 4.57 Å². The van der Waals surface area contributed by atoms with Crippen LogP contribution in [0.25, 0.3) is 0 Å². The van der Waals surface area contributed by atoms with Gasteiger partial charge in [0, 0.05) is 19.4 Å². The van der Waals surface area contributed by atoms with E-state index in [1.165, 1.54) is 0 Å². The van der Waals surface area contributed by atoms with Gasteiger partial charge in [-0.15, -0.1) is 0 Å². The molecule has 0 N–H and O–H groups in total. The van der Waals surface area contributed by atoms with Crippen molar-refractivity contribution in [2.45, 2.75) is 13.5 Å². The summed E-state index contributed by atoms with van der Waals surface area (Å²) in [5.74, 6) is 0. The zero-order valence-corrected chi connectivity index (χ0v) is 8.96. The highest BCUT2D eigenvalue weighted by Crippen LogP contribution is 1.79. The molecule has 0 amide bonds. The summed E-state index contributed by atoms with van der Waals surface area (Å²) in [7, 11) is 3.96. The molecule has 0 aliphatic carbocycles. The van der Waals surface area contributed by atoms with E-state index in [1.807, 2.05) is 35.6 Å². The third kappa shape index (κ3) is 3.43. The Kier molecular flexibility index (Phi) is 3.91. The molecule has 0 aromatic carbocycles. The maximum absolute atomic E-state index is 3.78. The topological polar surface area (TPSA) is 26.6 Å². The van der Waals surface area contributed by atoms with Crippen LogP contribution >= 0.6 is 0 Å². The van der Waals surface area contributed by atoms with Crippen LogP contribution in [-0.4, -0.2) is 14.1 Å². The third-order valence-corrected chi connectivity index (χ3v) is 1.83. The first-order chi connectivity index (χ1) is 6.72. The summed E-state index contributed by atoms with van der Waals surface area (Å²) in [5.41, 5.74) is 0. The van der Waals surface area contributed by atoms with Gasteiger partial charge in [0.05, 0.1) is 19.9 Å². The minimum absolute atomic E-state index is 1.06. The molecule has 76 valence electrons. The molecule has 0 saturated carbocycles. The molecule has 0 bridgehead atoms. The SMILES string of the molecule is CCn1cc[n+](C)c1.Cn1ccnc1. The normalized spacial score (nSPS) is 9.36. The summed E-state index contributed by atoms with van der Waals surface area (Å²) in [6.45, 7) is 3.18. The number of aromatic nitrogens is 4. The molecule has 2 rings (SSSR count). The van der Waals surface area contributed by atoms with E-state index in [0.717, 1.165) is 6.54 Å². The molecule has 2 aromatic rings. The van der Waals surface area contributed by atoms with Crippen molar-refractivity contribution in [2.24, 2.45) is 14.1 Å². The minimum atomic E-state index is 1.06. The average Bonchev–Trinajstić information content (AvgIpc) is 2.77. The average molecular weight is 193 g/mol. The molecule has 4 nitrogen and oxygen atoms in total. The highest BCUT2D eigenvalue weighted by Gasteiger charge is 1.92. The van der Waals surface area contributed by atoms with Crippen LogP contribution in [0.1, 0.15) is 6.92 Å². The third-order valence-electron chi connectivity index (χ3n) is 1.83. The maximum atomic E-state index is 3.78. The van der Waals surface area contributed by atoms with Crippen molar-refractivity contribution in [3.05, 3.63) is 37.4 Å². The van der Waals surface area contributed by atoms with Gasteiger partial charge in [-0.3, -0.25) is 0 Å². The number of hydrogen-bond acceptors (Lipinski definition) is 1. The summed E-state index contributed by atoms with van der Waals surface area (Å²) in [5, 5.41) is 0. The molecule has 0 atom stereocenters. The van der Waals surface area contributed by atoms with Crippen molar-refractivity contribution in [2.75, 3.05) is 0 Å². The number of nitrogens with zero attached hydrogens (tertiary/aromatic N) is 4. The fraction of sp³-hybridized carbons (Fsp3) is 0.400. The van der Waals surface area contributed by atoms with Crippen molar-refractivity contribution < 1.29 is 4.57 Å². The fourth-order valence-corrected chi connectivity index (χ4v) is 1.01.